The number of hydrogen-bond acceptors (Lipinski definition) is 8. The maximum absolute atomic E-state index is 12.7. The summed E-state index contributed by atoms with van der Waals surface area (Å²) in [7, 11) is -0.0647. The predicted molar refractivity (Wildman–Crippen MR) is 133 cm³/mol. The van der Waals surface area contributed by atoms with Crippen molar-refractivity contribution in [3.8, 4) is 11.5 Å². The van der Waals surface area contributed by atoms with E-state index in [1.807, 2.05) is 36.9 Å². The number of amidine groups is 1. The molecule has 0 radical (unpaired) electrons. The van der Waals surface area contributed by atoms with Crippen molar-refractivity contribution in [2.45, 2.75) is 25.9 Å². The minimum Gasteiger partial charge on any atom is -0.497 e. The van der Waals surface area contributed by atoms with Gasteiger partial charge in [-0.25, -0.2) is 8.42 Å². The molecule has 1 amide bonds. The van der Waals surface area contributed by atoms with Gasteiger partial charge in [0.1, 0.15) is 11.5 Å². The maximum atomic E-state index is 12.7. The van der Waals surface area contributed by atoms with Crippen molar-refractivity contribution in [1.29, 1.82) is 0 Å². The fourth-order valence-electron chi connectivity index (χ4n) is 4.09. The van der Waals surface area contributed by atoms with Crippen LogP contribution in [0, 0.1) is 13.8 Å². The average Bonchev–Trinajstić information content (AvgIpc) is 3.25. The summed E-state index contributed by atoms with van der Waals surface area (Å²) in [4.78, 5) is 19.3. The van der Waals surface area contributed by atoms with Gasteiger partial charge in [0.05, 0.1) is 49.2 Å². The number of thioether (sulfide) groups is 1. The van der Waals surface area contributed by atoms with E-state index in [1.165, 1.54) is 11.8 Å². The van der Waals surface area contributed by atoms with E-state index in [2.05, 4.69) is 5.32 Å². The van der Waals surface area contributed by atoms with Gasteiger partial charge in [0.15, 0.2) is 15.0 Å². The van der Waals surface area contributed by atoms with E-state index in [4.69, 9.17) is 14.5 Å². The lowest BCUT2D eigenvalue weighted by Gasteiger charge is -2.28. The van der Waals surface area contributed by atoms with Gasteiger partial charge >= 0.3 is 0 Å². The van der Waals surface area contributed by atoms with Crippen molar-refractivity contribution in [2.75, 3.05) is 41.7 Å². The van der Waals surface area contributed by atoms with Crippen LogP contribution in [0.2, 0.25) is 0 Å². The molecule has 1 fully saturated rings. The molecule has 2 aromatic rings. The topological polar surface area (TPSA) is 97.3 Å². The molecule has 10 heteroatoms. The molecule has 2 unspecified atom stereocenters. The van der Waals surface area contributed by atoms with Crippen LogP contribution in [0.25, 0.3) is 0 Å². The predicted octanol–water partition coefficient (Wildman–Crippen LogP) is 3.03. The summed E-state index contributed by atoms with van der Waals surface area (Å²) >= 11 is 1.29. The lowest BCUT2D eigenvalue weighted by Crippen LogP contribution is -2.39. The lowest BCUT2D eigenvalue weighted by molar-refractivity contribution is -0.113. The second-order valence-electron chi connectivity index (χ2n) is 8.19. The van der Waals surface area contributed by atoms with Gasteiger partial charge in [-0.2, -0.15) is 0 Å². The largest absolute Gasteiger partial charge is 0.497 e. The number of benzene rings is 2. The summed E-state index contributed by atoms with van der Waals surface area (Å²) in [5.74, 6) is 1.18. The Hall–Kier alpha value is -2.72. The highest BCUT2D eigenvalue weighted by Crippen LogP contribution is 2.41. The van der Waals surface area contributed by atoms with Gasteiger partial charge in [-0.1, -0.05) is 23.9 Å². The molecule has 4 rings (SSSR count). The first kappa shape index (κ1) is 23.4. The summed E-state index contributed by atoms with van der Waals surface area (Å²) in [5, 5.41) is 3.56. The van der Waals surface area contributed by atoms with E-state index in [1.54, 1.807) is 32.4 Å². The van der Waals surface area contributed by atoms with E-state index in [0.717, 1.165) is 16.8 Å². The zero-order valence-corrected chi connectivity index (χ0v) is 20.6. The Morgan fingerprint density at radius 1 is 1.15 bits per heavy atom. The standard InChI is InChI=1S/C23H27N3O5S2/c1-14-5-6-15(2)17(9-14)24-22(27)11-32-23-25-18-12-33(28,29)13-20(18)26(23)19-10-16(30-3)7-8-21(19)31-4/h5-10,18,20H,11-13H2,1-4H3,(H,24,27). The lowest BCUT2D eigenvalue weighted by atomic mass is 10.1. The fraction of sp³-hybridized carbons (Fsp3) is 0.391. The molecule has 176 valence electrons. The third-order valence-electron chi connectivity index (χ3n) is 5.75. The third-order valence-corrected chi connectivity index (χ3v) is 8.42. The van der Waals surface area contributed by atoms with Crippen molar-refractivity contribution in [2.24, 2.45) is 4.99 Å². The van der Waals surface area contributed by atoms with Crippen LogP contribution in [0.15, 0.2) is 41.4 Å². The zero-order chi connectivity index (χ0) is 23.8. The molecule has 0 spiro atoms. The van der Waals surface area contributed by atoms with Gasteiger partial charge in [-0.15, -0.1) is 0 Å². The molecule has 1 N–H and O–H groups in total. The van der Waals surface area contributed by atoms with Gasteiger partial charge < -0.3 is 19.7 Å². The summed E-state index contributed by atoms with van der Waals surface area (Å²) in [6.07, 6.45) is 0. The van der Waals surface area contributed by atoms with Crippen LogP contribution in [0.1, 0.15) is 11.1 Å². The molecule has 0 aromatic heterocycles. The van der Waals surface area contributed by atoms with E-state index < -0.39 is 9.84 Å². The van der Waals surface area contributed by atoms with E-state index in [0.29, 0.717) is 22.4 Å². The molecule has 1 saturated heterocycles. The summed E-state index contributed by atoms with van der Waals surface area (Å²) < 4.78 is 35.5. The Morgan fingerprint density at radius 2 is 1.94 bits per heavy atom. The third kappa shape index (κ3) is 4.96. The van der Waals surface area contributed by atoms with Crippen LogP contribution in [0.5, 0.6) is 11.5 Å². The number of hydrogen-bond donors (Lipinski definition) is 1. The van der Waals surface area contributed by atoms with Crippen LogP contribution < -0.4 is 19.7 Å². The van der Waals surface area contributed by atoms with E-state index in [9.17, 15) is 13.2 Å². The maximum Gasteiger partial charge on any atom is 0.234 e. The summed E-state index contributed by atoms with van der Waals surface area (Å²) in [6.45, 7) is 3.92. The molecule has 2 aliphatic rings. The molecule has 0 saturated carbocycles. The average molecular weight is 490 g/mol. The molecule has 2 aliphatic heterocycles. The molecular formula is C23H27N3O5S2. The fourth-order valence-corrected chi connectivity index (χ4v) is 6.85. The van der Waals surface area contributed by atoms with Crippen LogP contribution in [0.4, 0.5) is 11.4 Å². The Labute approximate surface area is 198 Å². The number of carbonyl (C=O) groups is 1. The second-order valence-corrected chi connectivity index (χ2v) is 11.3. The van der Waals surface area contributed by atoms with Crippen LogP contribution in [0.3, 0.4) is 0 Å². The van der Waals surface area contributed by atoms with Crippen molar-refractivity contribution in [3.63, 3.8) is 0 Å². The molecule has 2 heterocycles. The van der Waals surface area contributed by atoms with Gasteiger partial charge in [0.2, 0.25) is 5.91 Å². The first-order valence-electron chi connectivity index (χ1n) is 10.5. The van der Waals surface area contributed by atoms with Crippen molar-refractivity contribution in [3.05, 3.63) is 47.5 Å². The molecule has 0 bridgehead atoms. The van der Waals surface area contributed by atoms with Crippen molar-refractivity contribution in [1.82, 2.24) is 0 Å². The van der Waals surface area contributed by atoms with E-state index in [-0.39, 0.29) is 35.2 Å². The molecule has 2 aromatic carbocycles. The van der Waals surface area contributed by atoms with Crippen LogP contribution in [-0.4, -0.2) is 63.1 Å². The number of methoxy groups -OCH3 is 2. The van der Waals surface area contributed by atoms with Gasteiger partial charge in [0, 0.05) is 11.8 Å². The molecule has 2 atom stereocenters. The minimum atomic E-state index is -3.20. The Morgan fingerprint density at radius 3 is 2.67 bits per heavy atom. The highest BCUT2D eigenvalue weighted by Gasteiger charge is 2.48. The minimum absolute atomic E-state index is 0.000272. The van der Waals surface area contributed by atoms with Crippen molar-refractivity contribution < 1.29 is 22.7 Å². The Balaban J connectivity index is 1.58. The number of fused-ring (bicyclic) bond motifs is 1. The SMILES string of the molecule is COc1ccc(OC)c(N2C(SCC(=O)Nc3cc(C)ccc3C)=NC3CS(=O)(=O)CC32)c1. The van der Waals surface area contributed by atoms with Crippen LogP contribution in [-0.2, 0) is 14.6 Å². The van der Waals surface area contributed by atoms with Gasteiger partial charge in [-0.3, -0.25) is 9.79 Å². The smallest absolute Gasteiger partial charge is 0.234 e. The summed E-state index contributed by atoms with van der Waals surface area (Å²) in [5.41, 5.74) is 3.50. The normalized spacial score (nSPS) is 20.8. The highest BCUT2D eigenvalue weighted by molar-refractivity contribution is 8.14. The number of nitrogens with one attached hydrogen (secondary N) is 1. The number of ether oxygens (including phenoxy) is 2. The molecule has 33 heavy (non-hydrogen) atoms. The number of anilines is 2. The Kier molecular flexibility index (Phi) is 6.58. The molecule has 8 nitrogen and oxygen atoms in total. The van der Waals surface area contributed by atoms with Crippen LogP contribution >= 0.6 is 11.8 Å². The zero-order valence-electron chi connectivity index (χ0n) is 19.0. The second kappa shape index (κ2) is 9.26. The monoisotopic (exact) mass is 489 g/mol. The highest BCUT2D eigenvalue weighted by atomic mass is 32.2. The first-order chi connectivity index (χ1) is 15.7. The number of aliphatic imine (C=N–C) groups is 1. The first-order valence-corrected chi connectivity index (χ1v) is 13.3. The quantitative estimate of drug-likeness (QED) is 0.666. The summed E-state index contributed by atoms with van der Waals surface area (Å²) in [6, 6.07) is 10.5. The number of sulfone groups is 1. The molecule has 0 aliphatic carbocycles. The van der Waals surface area contributed by atoms with Gasteiger partial charge in [0.25, 0.3) is 0 Å². The number of rotatable bonds is 6. The molecular weight excluding hydrogens is 462 g/mol. The van der Waals surface area contributed by atoms with Gasteiger partial charge in [-0.05, 0) is 43.2 Å². The van der Waals surface area contributed by atoms with Crippen molar-refractivity contribution >= 4 is 44.0 Å². The Bertz CT molecular complexity index is 1210. The van der Waals surface area contributed by atoms with E-state index >= 15 is 0 Å². The number of aryl methyl sites for hydroxylation is 2. The number of nitrogens with zero attached hydrogens (tertiary/aromatic N) is 2. The number of carbonyl (C=O) groups excluding carboxylic acids is 1. The number of amides is 1.